The zero-order valence-corrected chi connectivity index (χ0v) is 16.8. The average Bonchev–Trinajstić information content (AvgIpc) is 3.32. The fourth-order valence-corrected chi connectivity index (χ4v) is 4.71. The molecule has 150 valence electrons. The van der Waals surface area contributed by atoms with Crippen molar-refractivity contribution in [3.63, 3.8) is 0 Å². The van der Waals surface area contributed by atoms with Gasteiger partial charge in [-0.3, -0.25) is 14.5 Å². The molecule has 0 saturated carbocycles. The topological polar surface area (TPSA) is 96.5 Å². The van der Waals surface area contributed by atoms with Gasteiger partial charge in [0.05, 0.1) is 17.0 Å². The molecule has 0 fully saturated rings. The summed E-state index contributed by atoms with van der Waals surface area (Å²) in [5, 5.41) is 19.8. The number of anilines is 1. The molecule has 0 aliphatic carbocycles. The van der Waals surface area contributed by atoms with Crippen molar-refractivity contribution in [2.24, 2.45) is 0 Å². The monoisotopic (exact) mass is 419 g/mol. The summed E-state index contributed by atoms with van der Waals surface area (Å²) in [6, 6.07) is 12.6. The zero-order valence-electron chi connectivity index (χ0n) is 16.0. The Hall–Kier alpha value is -3.52. The van der Waals surface area contributed by atoms with Crippen LogP contribution in [0.15, 0.2) is 57.7 Å². The van der Waals surface area contributed by atoms with E-state index in [9.17, 15) is 14.7 Å². The Kier molecular flexibility index (Phi) is 4.36. The highest BCUT2D eigenvalue weighted by Gasteiger charge is 2.45. The fourth-order valence-electron chi connectivity index (χ4n) is 3.75. The van der Waals surface area contributed by atoms with E-state index in [-0.39, 0.29) is 22.5 Å². The first kappa shape index (κ1) is 18.5. The van der Waals surface area contributed by atoms with Crippen LogP contribution in [0, 0.1) is 0 Å². The highest BCUT2D eigenvalue weighted by Crippen LogP contribution is 2.42. The molecule has 2 aromatic carbocycles. The van der Waals surface area contributed by atoms with Crippen molar-refractivity contribution in [1.82, 2.24) is 10.2 Å². The second-order valence-corrected chi connectivity index (χ2v) is 8.11. The summed E-state index contributed by atoms with van der Waals surface area (Å²) in [4.78, 5) is 28.2. The Morgan fingerprint density at radius 3 is 2.63 bits per heavy atom. The first-order valence-electron chi connectivity index (χ1n) is 9.59. The summed E-state index contributed by atoms with van der Waals surface area (Å²) in [6.45, 7) is 2.05. The molecule has 0 unspecified atom stereocenters. The van der Waals surface area contributed by atoms with Gasteiger partial charge in [-0.2, -0.15) is 0 Å². The lowest BCUT2D eigenvalue weighted by molar-refractivity contribution is 0.0970. The van der Waals surface area contributed by atoms with Crippen LogP contribution in [0.4, 0.5) is 5.13 Å². The number of aromatic hydroxyl groups is 1. The molecule has 0 saturated heterocycles. The number of aromatic nitrogens is 2. The van der Waals surface area contributed by atoms with Gasteiger partial charge < -0.3 is 9.52 Å². The number of carbonyl (C=O) groups is 1. The lowest BCUT2D eigenvalue weighted by Crippen LogP contribution is -2.29. The summed E-state index contributed by atoms with van der Waals surface area (Å²) in [5.41, 5.74) is 1.07. The number of phenolic OH excluding ortho intramolecular Hbond substituents is 1. The van der Waals surface area contributed by atoms with Gasteiger partial charge in [-0.15, -0.1) is 10.2 Å². The number of amides is 1. The van der Waals surface area contributed by atoms with E-state index in [1.807, 2.05) is 6.92 Å². The number of benzene rings is 2. The van der Waals surface area contributed by atoms with Crippen molar-refractivity contribution in [2.45, 2.75) is 25.8 Å². The zero-order chi connectivity index (χ0) is 20.8. The predicted molar refractivity (Wildman–Crippen MR) is 113 cm³/mol. The molecular weight excluding hydrogens is 402 g/mol. The van der Waals surface area contributed by atoms with Gasteiger partial charge in [-0.05, 0) is 36.2 Å². The third-order valence-corrected chi connectivity index (χ3v) is 6.09. The number of hydrogen-bond donors (Lipinski definition) is 1. The Balaban J connectivity index is 1.76. The van der Waals surface area contributed by atoms with Gasteiger partial charge in [0, 0.05) is 6.42 Å². The normalized spacial score (nSPS) is 15.7. The van der Waals surface area contributed by atoms with E-state index in [1.165, 1.54) is 28.4 Å². The van der Waals surface area contributed by atoms with Crippen LogP contribution in [0.5, 0.6) is 5.75 Å². The second kappa shape index (κ2) is 7.07. The van der Waals surface area contributed by atoms with Gasteiger partial charge in [0.15, 0.2) is 5.43 Å². The highest BCUT2D eigenvalue weighted by molar-refractivity contribution is 7.15. The highest BCUT2D eigenvalue weighted by atomic mass is 32.1. The van der Waals surface area contributed by atoms with E-state index in [1.54, 1.807) is 36.4 Å². The van der Waals surface area contributed by atoms with Crippen molar-refractivity contribution < 1.29 is 14.3 Å². The molecule has 0 radical (unpaired) electrons. The van der Waals surface area contributed by atoms with Crippen LogP contribution in [-0.4, -0.2) is 21.2 Å². The maximum absolute atomic E-state index is 13.4. The molecule has 3 heterocycles. The maximum Gasteiger partial charge on any atom is 0.297 e. The van der Waals surface area contributed by atoms with E-state index >= 15 is 0 Å². The standard InChI is InChI=1S/C22H17N3O4S/c1-2-5-16-23-24-22(30-16)25-18(12-8-10-13(26)11-9-12)17-19(27)14-6-3-4-7-15(14)29-20(17)21(25)28/h3-4,6-11,18,26H,2,5H2,1H3/t18-/m1/s1. The summed E-state index contributed by atoms with van der Waals surface area (Å²) in [5.74, 6) is -0.310. The van der Waals surface area contributed by atoms with E-state index in [4.69, 9.17) is 4.42 Å². The third kappa shape index (κ3) is 2.80. The van der Waals surface area contributed by atoms with Gasteiger partial charge >= 0.3 is 0 Å². The van der Waals surface area contributed by atoms with Crippen molar-refractivity contribution in [3.8, 4) is 5.75 Å². The molecule has 2 aromatic heterocycles. The fraction of sp³-hybridized carbons (Fsp3) is 0.182. The Morgan fingerprint density at radius 1 is 1.10 bits per heavy atom. The summed E-state index contributed by atoms with van der Waals surface area (Å²) < 4.78 is 5.89. The van der Waals surface area contributed by atoms with Crippen molar-refractivity contribution >= 4 is 33.3 Å². The summed E-state index contributed by atoms with van der Waals surface area (Å²) in [7, 11) is 0. The smallest absolute Gasteiger partial charge is 0.297 e. The Labute approximate surface area is 175 Å². The quantitative estimate of drug-likeness (QED) is 0.536. The van der Waals surface area contributed by atoms with Crippen LogP contribution in [0.2, 0.25) is 0 Å². The van der Waals surface area contributed by atoms with Crippen LogP contribution in [0.25, 0.3) is 11.0 Å². The molecule has 0 spiro atoms. The molecule has 5 rings (SSSR count). The number of para-hydroxylation sites is 1. The minimum absolute atomic E-state index is 0.0176. The van der Waals surface area contributed by atoms with Crippen molar-refractivity contribution in [1.29, 1.82) is 0 Å². The Morgan fingerprint density at radius 2 is 1.87 bits per heavy atom. The number of rotatable bonds is 4. The number of fused-ring (bicyclic) bond motifs is 2. The molecule has 1 N–H and O–H groups in total. The van der Waals surface area contributed by atoms with Gasteiger partial charge in [0.1, 0.15) is 16.3 Å². The van der Waals surface area contributed by atoms with E-state index in [0.29, 0.717) is 21.7 Å². The number of phenols is 1. The third-order valence-electron chi connectivity index (χ3n) is 5.11. The lowest BCUT2D eigenvalue weighted by Gasteiger charge is -2.22. The molecule has 7 nitrogen and oxygen atoms in total. The second-order valence-electron chi connectivity index (χ2n) is 7.07. The Bertz CT molecular complexity index is 1330. The first-order valence-corrected chi connectivity index (χ1v) is 10.4. The average molecular weight is 419 g/mol. The number of hydrogen-bond acceptors (Lipinski definition) is 7. The largest absolute Gasteiger partial charge is 0.508 e. The van der Waals surface area contributed by atoms with Gasteiger partial charge in [-0.25, -0.2) is 0 Å². The van der Waals surface area contributed by atoms with Gasteiger partial charge in [0.2, 0.25) is 10.9 Å². The number of nitrogens with zero attached hydrogens (tertiary/aromatic N) is 3. The maximum atomic E-state index is 13.4. The molecule has 1 aliphatic heterocycles. The first-order chi connectivity index (χ1) is 14.6. The minimum Gasteiger partial charge on any atom is -0.508 e. The molecule has 1 atom stereocenters. The molecule has 8 heteroatoms. The van der Waals surface area contributed by atoms with E-state index in [0.717, 1.165) is 17.8 Å². The van der Waals surface area contributed by atoms with Crippen LogP contribution in [0.1, 0.15) is 46.1 Å². The van der Waals surface area contributed by atoms with Crippen molar-refractivity contribution in [2.75, 3.05) is 4.90 Å². The van der Waals surface area contributed by atoms with Crippen LogP contribution < -0.4 is 10.3 Å². The van der Waals surface area contributed by atoms with Crippen LogP contribution in [0.3, 0.4) is 0 Å². The molecular formula is C22H17N3O4S. The molecule has 30 heavy (non-hydrogen) atoms. The van der Waals surface area contributed by atoms with E-state index in [2.05, 4.69) is 10.2 Å². The predicted octanol–water partition coefficient (Wildman–Crippen LogP) is 4.05. The minimum atomic E-state index is -0.712. The molecule has 4 aromatic rings. The van der Waals surface area contributed by atoms with Crippen LogP contribution >= 0.6 is 11.3 Å². The molecule has 0 bridgehead atoms. The summed E-state index contributed by atoms with van der Waals surface area (Å²) in [6.07, 6.45) is 1.67. The number of carbonyl (C=O) groups excluding carboxylic acids is 1. The molecule has 1 amide bonds. The summed E-state index contributed by atoms with van der Waals surface area (Å²) >= 11 is 1.33. The SMILES string of the molecule is CCCc1nnc(N2C(=O)c3oc4ccccc4c(=O)c3[C@H]2c2ccc(O)cc2)s1. The van der Waals surface area contributed by atoms with Gasteiger partial charge in [0.25, 0.3) is 5.91 Å². The number of aryl methyl sites for hydroxylation is 1. The lowest BCUT2D eigenvalue weighted by atomic mass is 9.98. The van der Waals surface area contributed by atoms with Crippen LogP contribution in [-0.2, 0) is 6.42 Å². The van der Waals surface area contributed by atoms with Crippen molar-refractivity contribution in [3.05, 3.63) is 80.6 Å². The molecule has 1 aliphatic rings. The van der Waals surface area contributed by atoms with E-state index < -0.39 is 11.9 Å². The van der Waals surface area contributed by atoms with Gasteiger partial charge in [-0.1, -0.05) is 42.5 Å².